The van der Waals surface area contributed by atoms with Gasteiger partial charge in [0.15, 0.2) is 0 Å². The first kappa shape index (κ1) is 11.1. The van der Waals surface area contributed by atoms with E-state index in [1.165, 1.54) is 12.1 Å². The van der Waals surface area contributed by atoms with Crippen LogP contribution in [0.5, 0.6) is 0 Å². The lowest BCUT2D eigenvalue weighted by Crippen LogP contribution is -2.31. The predicted octanol–water partition coefficient (Wildman–Crippen LogP) is 2.29. The van der Waals surface area contributed by atoms with Crippen molar-refractivity contribution in [1.29, 1.82) is 0 Å². The third-order valence-electron chi connectivity index (χ3n) is 2.27. The predicted molar refractivity (Wildman–Crippen MR) is 56.0 cm³/mol. The van der Waals surface area contributed by atoms with Crippen LogP contribution in [-0.4, -0.2) is 0 Å². The number of nitrogens with two attached hydrogens (primary N) is 1. The van der Waals surface area contributed by atoms with Gasteiger partial charge in [0.05, 0.1) is 0 Å². The van der Waals surface area contributed by atoms with Gasteiger partial charge in [0.25, 0.3) is 0 Å². The molecule has 0 aliphatic heterocycles. The smallest absolute Gasteiger partial charge is 0.123 e. The van der Waals surface area contributed by atoms with Crippen molar-refractivity contribution in [2.75, 3.05) is 0 Å². The minimum atomic E-state index is -0.208. The van der Waals surface area contributed by atoms with Gasteiger partial charge >= 0.3 is 0 Å². The van der Waals surface area contributed by atoms with Gasteiger partial charge in [-0.05, 0) is 36.1 Å². The summed E-state index contributed by atoms with van der Waals surface area (Å²) in [4.78, 5) is 0. The van der Waals surface area contributed by atoms with Crippen molar-refractivity contribution in [2.45, 2.75) is 26.8 Å². The maximum Gasteiger partial charge on any atom is 0.123 e. The zero-order chi connectivity index (χ0) is 10.7. The Morgan fingerprint density at radius 1 is 1.29 bits per heavy atom. The normalized spacial score (nSPS) is 13.3. The second kappa shape index (κ2) is 4.53. The summed E-state index contributed by atoms with van der Waals surface area (Å²) in [6.45, 7) is 5.97. The number of benzene rings is 1. The molecule has 78 valence electrons. The second-order valence-electron chi connectivity index (χ2n) is 3.95. The molecule has 1 rings (SSSR count). The molecule has 0 saturated carbocycles. The fraction of sp³-hybridized carbons (Fsp3) is 0.455. The Morgan fingerprint density at radius 3 is 2.36 bits per heavy atom. The first-order valence-electron chi connectivity index (χ1n) is 4.78. The summed E-state index contributed by atoms with van der Waals surface area (Å²) >= 11 is 0. The number of halogens is 1. The van der Waals surface area contributed by atoms with Gasteiger partial charge in [-0.2, -0.15) is 0 Å². The summed E-state index contributed by atoms with van der Waals surface area (Å²) in [5, 5.41) is 0. The van der Waals surface area contributed by atoms with Crippen molar-refractivity contribution in [3.63, 3.8) is 0 Å². The number of hydrogen-bond acceptors (Lipinski definition) is 2. The van der Waals surface area contributed by atoms with E-state index in [1.54, 1.807) is 0 Å². The Labute approximate surface area is 84.3 Å². The Kier molecular flexibility index (Phi) is 3.61. The molecule has 2 nitrogen and oxygen atoms in total. The molecule has 1 atom stereocenters. The quantitative estimate of drug-likeness (QED) is 0.575. The first-order valence-corrected chi connectivity index (χ1v) is 4.78. The van der Waals surface area contributed by atoms with Crippen LogP contribution in [0.1, 0.15) is 31.0 Å². The molecule has 14 heavy (non-hydrogen) atoms. The number of hydrogen-bond donors (Lipinski definition) is 2. The molecule has 0 bridgehead atoms. The molecule has 0 aliphatic carbocycles. The monoisotopic (exact) mass is 196 g/mol. The largest absolute Gasteiger partial charge is 0.271 e. The van der Waals surface area contributed by atoms with Gasteiger partial charge in [-0.15, -0.1) is 0 Å². The third-order valence-corrected chi connectivity index (χ3v) is 2.27. The van der Waals surface area contributed by atoms with Crippen LogP contribution in [0, 0.1) is 18.7 Å². The molecule has 1 unspecified atom stereocenters. The lowest BCUT2D eigenvalue weighted by Gasteiger charge is -2.20. The number of hydrazine groups is 1. The van der Waals surface area contributed by atoms with E-state index >= 15 is 0 Å². The second-order valence-corrected chi connectivity index (χ2v) is 3.95. The van der Waals surface area contributed by atoms with Crippen LogP contribution < -0.4 is 11.3 Å². The molecular formula is C11H17FN2. The molecule has 0 radical (unpaired) electrons. The van der Waals surface area contributed by atoms with Gasteiger partial charge < -0.3 is 0 Å². The summed E-state index contributed by atoms with van der Waals surface area (Å²) < 4.78 is 13.1. The van der Waals surface area contributed by atoms with Crippen LogP contribution in [-0.2, 0) is 0 Å². The molecule has 1 aromatic carbocycles. The topological polar surface area (TPSA) is 38.0 Å². The van der Waals surface area contributed by atoms with Crippen molar-refractivity contribution < 1.29 is 4.39 Å². The van der Waals surface area contributed by atoms with Crippen LogP contribution in [0.3, 0.4) is 0 Å². The molecule has 0 saturated heterocycles. The molecule has 3 heteroatoms. The van der Waals surface area contributed by atoms with Crippen molar-refractivity contribution in [3.05, 3.63) is 35.1 Å². The van der Waals surface area contributed by atoms with Gasteiger partial charge in [-0.3, -0.25) is 11.3 Å². The highest BCUT2D eigenvalue weighted by atomic mass is 19.1. The van der Waals surface area contributed by atoms with Gasteiger partial charge in [0.1, 0.15) is 5.82 Å². The molecule has 0 aromatic heterocycles. The molecule has 0 amide bonds. The Morgan fingerprint density at radius 2 is 1.93 bits per heavy atom. The molecule has 0 spiro atoms. The van der Waals surface area contributed by atoms with Crippen LogP contribution >= 0.6 is 0 Å². The lowest BCUT2D eigenvalue weighted by molar-refractivity contribution is 0.419. The fourth-order valence-corrected chi connectivity index (χ4v) is 1.62. The number of nitrogens with one attached hydrogen (secondary N) is 1. The van der Waals surface area contributed by atoms with E-state index in [1.807, 2.05) is 26.8 Å². The molecule has 1 aromatic rings. The molecule has 0 aliphatic rings. The number of rotatable bonds is 3. The standard InChI is InChI=1S/C11H17FN2/c1-7(2)11(14-13)9-4-8(3)5-10(12)6-9/h4-7,11,14H,13H2,1-3H3. The SMILES string of the molecule is Cc1cc(F)cc(C(NN)C(C)C)c1. The highest BCUT2D eigenvalue weighted by Gasteiger charge is 2.14. The molecule has 0 fully saturated rings. The van der Waals surface area contributed by atoms with E-state index in [0.29, 0.717) is 5.92 Å². The summed E-state index contributed by atoms with van der Waals surface area (Å²) in [6, 6.07) is 4.99. The lowest BCUT2D eigenvalue weighted by atomic mass is 9.95. The minimum Gasteiger partial charge on any atom is -0.271 e. The van der Waals surface area contributed by atoms with Crippen molar-refractivity contribution in [1.82, 2.24) is 5.43 Å². The average molecular weight is 196 g/mol. The molecule has 3 N–H and O–H groups in total. The van der Waals surface area contributed by atoms with Gasteiger partial charge in [-0.1, -0.05) is 19.9 Å². The Bertz CT molecular complexity index is 290. The summed E-state index contributed by atoms with van der Waals surface area (Å²) in [5.74, 6) is 5.56. The van der Waals surface area contributed by atoms with E-state index in [-0.39, 0.29) is 11.9 Å². The van der Waals surface area contributed by atoms with Crippen molar-refractivity contribution in [2.24, 2.45) is 11.8 Å². The van der Waals surface area contributed by atoms with Crippen LogP contribution in [0.2, 0.25) is 0 Å². The van der Waals surface area contributed by atoms with E-state index in [4.69, 9.17) is 5.84 Å². The Balaban J connectivity index is 3.04. The first-order chi connectivity index (χ1) is 6.54. The highest BCUT2D eigenvalue weighted by Crippen LogP contribution is 2.22. The van der Waals surface area contributed by atoms with Crippen LogP contribution in [0.25, 0.3) is 0 Å². The van der Waals surface area contributed by atoms with Crippen LogP contribution in [0.15, 0.2) is 18.2 Å². The fourth-order valence-electron chi connectivity index (χ4n) is 1.62. The van der Waals surface area contributed by atoms with E-state index < -0.39 is 0 Å². The minimum absolute atomic E-state index is 0.00407. The summed E-state index contributed by atoms with van der Waals surface area (Å²) in [7, 11) is 0. The van der Waals surface area contributed by atoms with E-state index in [2.05, 4.69) is 5.43 Å². The van der Waals surface area contributed by atoms with Crippen molar-refractivity contribution >= 4 is 0 Å². The maximum atomic E-state index is 13.1. The molecule has 0 heterocycles. The van der Waals surface area contributed by atoms with Gasteiger partial charge in [0.2, 0.25) is 0 Å². The van der Waals surface area contributed by atoms with E-state index in [9.17, 15) is 4.39 Å². The zero-order valence-corrected chi connectivity index (χ0v) is 8.84. The van der Waals surface area contributed by atoms with E-state index in [0.717, 1.165) is 11.1 Å². The van der Waals surface area contributed by atoms with Gasteiger partial charge in [-0.25, -0.2) is 4.39 Å². The maximum absolute atomic E-state index is 13.1. The highest BCUT2D eigenvalue weighted by molar-refractivity contribution is 5.26. The van der Waals surface area contributed by atoms with Crippen molar-refractivity contribution in [3.8, 4) is 0 Å². The summed E-state index contributed by atoms with van der Waals surface area (Å²) in [6.07, 6.45) is 0. The molecular weight excluding hydrogens is 179 g/mol. The zero-order valence-electron chi connectivity index (χ0n) is 8.84. The summed E-state index contributed by atoms with van der Waals surface area (Å²) in [5.41, 5.74) is 4.53. The Hall–Kier alpha value is -0.930. The van der Waals surface area contributed by atoms with Gasteiger partial charge in [0, 0.05) is 6.04 Å². The average Bonchev–Trinajstić information content (AvgIpc) is 2.02. The van der Waals surface area contributed by atoms with Crippen LogP contribution in [0.4, 0.5) is 4.39 Å². The number of aryl methyl sites for hydroxylation is 1. The third kappa shape index (κ3) is 2.53.